The summed E-state index contributed by atoms with van der Waals surface area (Å²) in [5.74, 6) is 1.48. The number of carbonyl (C=O) groups excluding carboxylic acids is 1. The first-order valence-corrected chi connectivity index (χ1v) is 10.4. The molecule has 2 fully saturated rings. The van der Waals surface area contributed by atoms with Crippen molar-refractivity contribution in [2.45, 2.75) is 18.9 Å². The van der Waals surface area contributed by atoms with E-state index in [-0.39, 0.29) is 12.1 Å². The van der Waals surface area contributed by atoms with Crippen LogP contribution < -0.4 is 10.2 Å². The highest BCUT2D eigenvalue weighted by Gasteiger charge is 2.34. The fraction of sp³-hybridized carbons (Fsp3) is 0.400. The minimum atomic E-state index is 0.0188. The average molecular weight is 450 g/mol. The molecule has 1 aromatic heterocycles. The SMILES string of the molecule is O=C(NC(c1ccc(Cl)cc1)C1CC1)N1CCN(c2ccc(Br)cn2)CC1. The second-order valence-corrected chi connectivity index (χ2v) is 8.48. The molecule has 27 heavy (non-hydrogen) atoms. The first-order valence-electron chi connectivity index (χ1n) is 9.27. The van der Waals surface area contributed by atoms with Crippen LogP contribution in [-0.4, -0.2) is 42.1 Å². The molecule has 1 saturated carbocycles. The molecule has 1 N–H and O–H groups in total. The fourth-order valence-corrected chi connectivity index (χ4v) is 3.85. The van der Waals surface area contributed by atoms with Crippen LogP contribution in [0.5, 0.6) is 0 Å². The summed E-state index contributed by atoms with van der Waals surface area (Å²) in [6.07, 6.45) is 4.13. The highest BCUT2D eigenvalue weighted by molar-refractivity contribution is 9.10. The Morgan fingerprint density at radius 1 is 1.11 bits per heavy atom. The van der Waals surface area contributed by atoms with Crippen molar-refractivity contribution in [1.82, 2.24) is 15.2 Å². The second kappa shape index (κ2) is 8.07. The number of pyridine rings is 1. The van der Waals surface area contributed by atoms with Gasteiger partial charge in [0.2, 0.25) is 0 Å². The van der Waals surface area contributed by atoms with Crippen LogP contribution >= 0.6 is 27.5 Å². The van der Waals surface area contributed by atoms with Crippen molar-refractivity contribution in [3.05, 3.63) is 57.7 Å². The Hall–Kier alpha value is -1.79. The molecule has 0 radical (unpaired) electrons. The van der Waals surface area contributed by atoms with Crippen molar-refractivity contribution in [3.8, 4) is 0 Å². The standard InChI is InChI=1S/C20H22BrClN4O/c21-16-5-8-18(23-13-16)25-9-11-26(12-10-25)20(27)24-19(14-1-2-14)15-3-6-17(22)7-4-15/h3-8,13-14,19H,1-2,9-12H2,(H,24,27). The van der Waals surface area contributed by atoms with E-state index in [0.29, 0.717) is 19.0 Å². The molecule has 2 aromatic rings. The first kappa shape index (κ1) is 18.6. The predicted octanol–water partition coefficient (Wildman–Crippen LogP) is 4.48. The third kappa shape index (κ3) is 4.55. The zero-order valence-corrected chi connectivity index (χ0v) is 17.3. The predicted molar refractivity (Wildman–Crippen MR) is 111 cm³/mol. The minimum absolute atomic E-state index is 0.0188. The van der Waals surface area contributed by atoms with Crippen LogP contribution in [0.25, 0.3) is 0 Å². The Morgan fingerprint density at radius 2 is 1.81 bits per heavy atom. The lowest BCUT2D eigenvalue weighted by molar-refractivity contribution is 0.188. The van der Waals surface area contributed by atoms with Gasteiger partial charge in [0, 0.05) is 41.9 Å². The average Bonchev–Trinajstić information content (AvgIpc) is 3.53. The molecular formula is C20H22BrClN4O. The summed E-state index contributed by atoms with van der Waals surface area (Å²) in [5.41, 5.74) is 1.13. The summed E-state index contributed by atoms with van der Waals surface area (Å²) in [5, 5.41) is 3.97. The number of rotatable bonds is 4. The molecule has 7 heteroatoms. The molecule has 0 spiro atoms. The van der Waals surface area contributed by atoms with Gasteiger partial charge in [0.15, 0.2) is 0 Å². The number of urea groups is 1. The van der Waals surface area contributed by atoms with Gasteiger partial charge in [0.1, 0.15) is 5.82 Å². The molecule has 4 rings (SSSR count). The van der Waals surface area contributed by atoms with Crippen LogP contribution in [0.1, 0.15) is 24.4 Å². The number of carbonyl (C=O) groups is 1. The Bertz CT molecular complexity index is 787. The number of nitrogens with zero attached hydrogens (tertiary/aromatic N) is 3. The van der Waals surface area contributed by atoms with E-state index in [1.54, 1.807) is 6.20 Å². The van der Waals surface area contributed by atoms with Crippen molar-refractivity contribution in [2.75, 3.05) is 31.1 Å². The molecule has 1 saturated heterocycles. The van der Waals surface area contributed by atoms with Gasteiger partial charge in [0.05, 0.1) is 6.04 Å². The van der Waals surface area contributed by atoms with Crippen LogP contribution in [0.4, 0.5) is 10.6 Å². The lowest BCUT2D eigenvalue weighted by atomic mass is 10.0. The van der Waals surface area contributed by atoms with Gasteiger partial charge in [-0.25, -0.2) is 9.78 Å². The normalized spacial score (nSPS) is 18.3. The largest absolute Gasteiger partial charge is 0.353 e. The van der Waals surface area contributed by atoms with Crippen molar-refractivity contribution in [2.24, 2.45) is 5.92 Å². The minimum Gasteiger partial charge on any atom is -0.353 e. The van der Waals surface area contributed by atoms with Gasteiger partial charge in [-0.3, -0.25) is 0 Å². The Labute approximate surface area is 172 Å². The van der Waals surface area contributed by atoms with Crippen molar-refractivity contribution < 1.29 is 4.79 Å². The lowest BCUT2D eigenvalue weighted by Crippen LogP contribution is -2.52. The number of nitrogens with one attached hydrogen (secondary N) is 1. The number of benzene rings is 1. The maximum Gasteiger partial charge on any atom is 0.318 e. The van der Waals surface area contributed by atoms with Crippen LogP contribution in [0.2, 0.25) is 5.02 Å². The molecule has 5 nitrogen and oxygen atoms in total. The molecule has 1 aromatic carbocycles. The van der Waals surface area contributed by atoms with E-state index in [0.717, 1.165) is 46.8 Å². The molecule has 142 valence electrons. The van der Waals surface area contributed by atoms with E-state index in [1.165, 1.54) is 0 Å². The van der Waals surface area contributed by atoms with Gasteiger partial charge in [-0.05, 0) is 64.5 Å². The van der Waals surface area contributed by atoms with Crippen LogP contribution in [0, 0.1) is 5.92 Å². The van der Waals surface area contributed by atoms with Crippen molar-refractivity contribution in [1.29, 1.82) is 0 Å². The van der Waals surface area contributed by atoms with Crippen LogP contribution in [-0.2, 0) is 0 Å². The highest BCUT2D eigenvalue weighted by atomic mass is 79.9. The van der Waals surface area contributed by atoms with Gasteiger partial charge >= 0.3 is 6.03 Å². The lowest BCUT2D eigenvalue weighted by Gasteiger charge is -2.36. The summed E-state index contributed by atoms with van der Waals surface area (Å²) in [7, 11) is 0. The number of anilines is 1. The quantitative estimate of drug-likeness (QED) is 0.748. The monoisotopic (exact) mass is 448 g/mol. The van der Waals surface area contributed by atoms with E-state index in [4.69, 9.17) is 11.6 Å². The van der Waals surface area contributed by atoms with Crippen molar-refractivity contribution >= 4 is 39.4 Å². The second-order valence-electron chi connectivity index (χ2n) is 7.12. The highest BCUT2D eigenvalue weighted by Crippen LogP contribution is 2.41. The summed E-state index contributed by atoms with van der Waals surface area (Å²) < 4.78 is 0.970. The molecule has 1 aliphatic carbocycles. The number of aromatic nitrogens is 1. The number of piperazine rings is 1. The Morgan fingerprint density at radius 3 is 2.41 bits per heavy atom. The number of hydrogen-bond acceptors (Lipinski definition) is 3. The Balaban J connectivity index is 1.35. The third-order valence-electron chi connectivity index (χ3n) is 5.20. The topological polar surface area (TPSA) is 48.5 Å². The maximum atomic E-state index is 12.8. The number of amides is 2. The maximum absolute atomic E-state index is 12.8. The van der Waals surface area contributed by atoms with Crippen molar-refractivity contribution in [3.63, 3.8) is 0 Å². The Kier molecular flexibility index (Phi) is 5.55. The molecule has 2 heterocycles. The molecule has 2 amide bonds. The molecule has 1 aliphatic heterocycles. The van der Waals surface area contributed by atoms with E-state index in [1.807, 2.05) is 41.3 Å². The van der Waals surface area contributed by atoms with E-state index >= 15 is 0 Å². The van der Waals surface area contributed by atoms with E-state index in [2.05, 4.69) is 31.1 Å². The number of hydrogen-bond donors (Lipinski definition) is 1. The summed E-state index contributed by atoms with van der Waals surface area (Å²) in [6, 6.07) is 11.9. The van der Waals surface area contributed by atoms with E-state index in [9.17, 15) is 4.79 Å². The van der Waals surface area contributed by atoms with Gasteiger partial charge in [0.25, 0.3) is 0 Å². The van der Waals surface area contributed by atoms with Gasteiger partial charge < -0.3 is 15.1 Å². The molecular weight excluding hydrogens is 428 g/mol. The molecule has 1 atom stereocenters. The van der Waals surface area contributed by atoms with E-state index < -0.39 is 0 Å². The zero-order chi connectivity index (χ0) is 18.8. The van der Waals surface area contributed by atoms with Crippen LogP contribution in [0.3, 0.4) is 0 Å². The third-order valence-corrected chi connectivity index (χ3v) is 5.93. The summed E-state index contributed by atoms with van der Waals surface area (Å²) >= 11 is 9.42. The molecule has 2 aliphatic rings. The molecule has 0 bridgehead atoms. The van der Waals surface area contributed by atoms with Gasteiger partial charge in [-0.15, -0.1) is 0 Å². The van der Waals surface area contributed by atoms with Gasteiger partial charge in [-0.1, -0.05) is 23.7 Å². The summed E-state index contributed by atoms with van der Waals surface area (Å²) in [4.78, 5) is 21.4. The first-order chi connectivity index (χ1) is 13.1. The smallest absolute Gasteiger partial charge is 0.318 e. The zero-order valence-electron chi connectivity index (χ0n) is 14.9. The fourth-order valence-electron chi connectivity index (χ4n) is 3.49. The molecule has 1 unspecified atom stereocenters. The summed E-state index contributed by atoms with van der Waals surface area (Å²) in [6.45, 7) is 2.97. The number of halogens is 2. The van der Waals surface area contributed by atoms with Gasteiger partial charge in [-0.2, -0.15) is 0 Å². The van der Waals surface area contributed by atoms with Crippen LogP contribution in [0.15, 0.2) is 47.1 Å².